The van der Waals surface area contributed by atoms with Crippen molar-refractivity contribution in [3.05, 3.63) is 28.7 Å². The molecule has 1 heterocycles. The molecule has 0 bridgehead atoms. The van der Waals surface area contributed by atoms with E-state index in [0.717, 1.165) is 29.6 Å². The lowest BCUT2D eigenvalue weighted by atomic mass is 9.98. The Morgan fingerprint density at radius 2 is 2.05 bits per heavy atom. The molecular formula is C16H22BrNO2. The molecule has 0 saturated carbocycles. The van der Waals surface area contributed by atoms with Crippen LogP contribution in [-0.2, 0) is 4.79 Å². The maximum atomic E-state index is 12.0. The number of hydrogen-bond acceptors (Lipinski definition) is 2. The van der Waals surface area contributed by atoms with Gasteiger partial charge in [0, 0.05) is 17.4 Å². The molecule has 1 fully saturated rings. The standard InChI is InChI=1S/C16H22BrNO2/c1-2-13-3-8-16(19)18(10-9-13)11-12-20-15-6-4-14(17)5-7-15/h4-7,13H,2-3,8-12H2,1H3. The number of ether oxygens (including phenoxy) is 1. The van der Waals surface area contributed by atoms with Crippen LogP contribution in [0.4, 0.5) is 0 Å². The smallest absolute Gasteiger partial charge is 0.222 e. The van der Waals surface area contributed by atoms with E-state index in [9.17, 15) is 4.79 Å². The Morgan fingerprint density at radius 1 is 1.30 bits per heavy atom. The average molecular weight is 340 g/mol. The van der Waals surface area contributed by atoms with Crippen molar-refractivity contribution in [3.63, 3.8) is 0 Å². The molecule has 1 aromatic carbocycles. The zero-order valence-electron chi connectivity index (χ0n) is 12.0. The van der Waals surface area contributed by atoms with E-state index in [-0.39, 0.29) is 5.91 Å². The van der Waals surface area contributed by atoms with Gasteiger partial charge < -0.3 is 9.64 Å². The number of likely N-dealkylation sites (tertiary alicyclic amines) is 1. The first-order chi connectivity index (χ1) is 9.69. The first kappa shape index (κ1) is 15.4. The predicted molar refractivity (Wildman–Crippen MR) is 83.8 cm³/mol. The highest BCUT2D eigenvalue weighted by Crippen LogP contribution is 2.21. The van der Waals surface area contributed by atoms with Crippen LogP contribution in [0.1, 0.15) is 32.6 Å². The predicted octanol–water partition coefficient (Wildman–Crippen LogP) is 3.87. The van der Waals surface area contributed by atoms with Crippen LogP contribution in [-0.4, -0.2) is 30.5 Å². The molecule has 2 rings (SSSR count). The van der Waals surface area contributed by atoms with Crippen molar-refractivity contribution < 1.29 is 9.53 Å². The van der Waals surface area contributed by atoms with Gasteiger partial charge in [0.2, 0.25) is 5.91 Å². The number of carbonyl (C=O) groups excluding carboxylic acids is 1. The second-order valence-corrected chi connectivity index (χ2v) is 6.20. The van der Waals surface area contributed by atoms with Crippen LogP contribution < -0.4 is 4.74 Å². The van der Waals surface area contributed by atoms with E-state index in [1.807, 2.05) is 29.2 Å². The van der Waals surface area contributed by atoms with Crippen LogP contribution >= 0.6 is 15.9 Å². The van der Waals surface area contributed by atoms with Gasteiger partial charge in [-0.25, -0.2) is 0 Å². The van der Waals surface area contributed by atoms with Crippen LogP contribution in [0, 0.1) is 5.92 Å². The molecule has 110 valence electrons. The van der Waals surface area contributed by atoms with Gasteiger partial charge in [-0.3, -0.25) is 4.79 Å². The SMILES string of the molecule is CCC1CCC(=O)N(CCOc2ccc(Br)cc2)CC1. The second-order valence-electron chi connectivity index (χ2n) is 5.28. The minimum Gasteiger partial charge on any atom is -0.492 e. The molecule has 1 aromatic rings. The lowest BCUT2D eigenvalue weighted by Gasteiger charge is -2.21. The Labute approximate surface area is 129 Å². The Bertz CT molecular complexity index is 433. The number of benzene rings is 1. The van der Waals surface area contributed by atoms with Gasteiger partial charge in [-0.05, 0) is 43.0 Å². The van der Waals surface area contributed by atoms with Gasteiger partial charge in [-0.1, -0.05) is 29.3 Å². The fourth-order valence-corrected chi connectivity index (χ4v) is 2.81. The van der Waals surface area contributed by atoms with Crippen molar-refractivity contribution in [3.8, 4) is 5.75 Å². The summed E-state index contributed by atoms with van der Waals surface area (Å²) in [6.07, 6.45) is 4.03. The normalized spacial score (nSPS) is 19.8. The minimum absolute atomic E-state index is 0.278. The highest BCUT2D eigenvalue weighted by molar-refractivity contribution is 9.10. The molecule has 0 spiro atoms. The van der Waals surface area contributed by atoms with Crippen molar-refractivity contribution in [1.82, 2.24) is 4.90 Å². The summed E-state index contributed by atoms with van der Waals surface area (Å²) in [6.45, 7) is 4.33. The van der Waals surface area contributed by atoms with E-state index >= 15 is 0 Å². The summed E-state index contributed by atoms with van der Waals surface area (Å²) in [5.41, 5.74) is 0. The number of nitrogens with zero attached hydrogens (tertiary/aromatic N) is 1. The summed E-state index contributed by atoms with van der Waals surface area (Å²) in [5, 5.41) is 0. The molecular weight excluding hydrogens is 318 g/mol. The van der Waals surface area contributed by atoms with Crippen LogP contribution in [0.2, 0.25) is 0 Å². The van der Waals surface area contributed by atoms with Gasteiger partial charge in [-0.15, -0.1) is 0 Å². The summed E-state index contributed by atoms with van der Waals surface area (Å²) in [6, 6.07) is 7.78. The zero-order valence-corrected chi connectivity index (χ0v) is 13.6. The van der Waals surface area contributed by atoms with E-state index in [4.69, 9.17) is 4.74 Å². The molecule has 20 heavy (non-hydrogen) atoms. The summed E-state index contributed by atoms with van der Waals surface area (Å²) in [4.78, 5) is 14.0. The van der Waals surface area contributed by atoms with E-state index < -0.39 is 0 Å². The summed E-state index contributed by atoms with van der Waals surface area (Å²) in [5.74, 6) is 1.83. The van der Waals surface area contributed by atoms with Crippen molar-refractivity contribution in [2.75, 3.05) is 19.7 Å². The fraction of sp³-hybridized carbons (Fsp3) is 0.562. The van der Waals surface area contributed by atoms with E-state index in [2.05, 4.69) is 22.9 Å². The fourth-order valence-electron chi connectivity index (χ4n) is 2.54. The highest BCUT2D eigenvalue weighted by atomic mass is 79.9. The molecule has 0 aliphatic carbocycles. The van der Waals surface area contributed by atoms with Gasteiger partial charge in [0.25, 0.3) is 0 Å². The lowest BCUT2D eigenvalue weighted by Crippen LogP contribution is -2.34. The van der Waals surface area contributed by atoms with Crippen molar-refractivity contribution >= 4 is 21.8 Å². The largest absolute Gasteiger partial charge is 0.492 e. The third-order valence-corrected chi connectivity index (χ3v) is 4.48. The first-order valence-corrected chi connectivity index (χ1v) is 8.14. The monoisotopic (exact) mass is 339 g/mol. The molecule has 4 heteroatoms. The maximum Gasteiger partial charge on any atom is 0.222 e. The van der Waals surface area contributed by atoms with Crippen LogP contribution in [0.5, 0.6) is 5.75 Å². The van der Waals surface area contributed by atoms with Crippen molar-refractivity contribution in [1.29, 1.82) is 0 Å². The van der Waals surface area contributed by atoms with E-state index in [1.54, 1.807) is 0 Å². The quantitative estimate of drug-likeness (QED) is 0.814. The van der Waals surface area contributed by atoms with E-state index in [1.165, 1.54) is 6.42 Å². The molecule has 3 nitrogen and oxygen atoms in total. The molecule has 1 unspecified atom stereocenters. The summed E-state index contributed by atoms with van der Waals surface area (Å²) >= 11 is 3.40. The van der Waals surface area contributed by atoms with Crippen molar-refractivity contribution in [2.45, 2.75) is 32.6 Å². The summed E-state index contributed by atoms with van der Waals surface area (Å²) < 4.78 is 6.73. The second kappa shape index (κ2) is 7.67. The van der Waals surface area contributed by atoms with Gasteiger partial charge >= 0.3 is 0 Å². The van der Waals surface area contributed by atoms with Gasteiger partial charge in [0.1, 0.15) is 12.4 Å². The molecule has 0 radical (unpaired) electrons. The minimum atomic E-state index is 0.278. The van der Waals surface area contributed by atoms with Gasteiger partial charge in [-0.2, -0.15) is 0 Å². The number of carbonyl (C=O) groups is 1. The zero-order chi connectivity index (χ0) is 14.4. The molecule has 1 saturated heterocycles. The molecule has 1 atom stereocenters. The Morgan fingerprint density at radius 3 is 2.75 bits per heavy atom. The third-order valence-electron chi connectivity index (χ3n) is 3.95. The highest BCUT2D eigenvalue weighted by Gasteiger charge is 2.21. The van der Waals surface area contributed by atoms with Gasteiger partial charge in [0.15, 0.2) is 0 Å². The van der Waals surface area contributed by atoms with Crippen LogP contribution in [0.3, 0.4) is 0 Å². The number of hydrogen-bond donors (Lipinski definition) is 0. The number of rotatable bonds is 5. The number of amides is 1. The van der Waals surface area contributed by atoms with Crippen LogP contribution in [0.15, 0.2) is 28.7 Å². The summed E-state index contributed by atoms with van der Waals surface area (Å²) in [7, 11) is 0. The first-order valence-electron chi connectivity index (χ1n) is 7.35. The Balaban J connectivity index is 1.78. The molecule has 1 aliphatic heterocycles. The Hall–Kier alpha value is -1.03. The molecule has 1 amide bonds. The average Bonchev–Trinajstić information content (AvgIpc) is 2.64. The van der Waals surface area contributed by atoms with Crippen LogP contribution in [0.25, 0.3) is 0 Å². The Kier molecular flexibility index (Phi) is 5.89. The lowest BCUT2D eigenvalue weighted by molar-refractivity contribution is -0.131. The van der Waals surface area contributed by atoms with E-state index in [0.29, 0.717) is 25.5 Å². The van der Waals surface area contributed by atoms with Gasteiger partial charge in [0.05, 0.1) is 6.54 Å². The molecule has 0 aromatic heterocycles. The molecule has 1 aliphatic rings. The molecule has 0 N–H and O–H groups in total. The maximum absolute atomic E-state index is 12.0. The topological polar surface area (TPSA) is 29.5 Å². The van der Waals surface area contributed by atoms with Crippen molar-refractivity contribution in [2.24, 2.45) is 5.92 Å². The number of halogens is 1. The third kappa shape index (κ3) is 4.51.